The van der Waals surface area contributed by atoms with Gasteiger partial charge in [-0.15, -0.1) is 0 Å². The number of piperidine rings is 1. The molecule has 0 amide bonds. The SMILES string of the molecule is Cc1cc(CN2CCC(Oc3cccc4[nH]ccc34)CC2)on1. The monoisotopic (exact) mass is 311 g/mol. The van der Waals surface area contributed by atoms with Crippen LogP contribution in [0.1, 0.15) is 24.3 Å². The van der Waals surface area contributed by atoms with Gasteiger partial charge < -0.3 is 14.2 Å². The van der Waals surface area contributed by atoms with Crippen LogP contribution in [-0.4, -0.2) is 34.2 Å². The van der Waals surface area contributed by atoms with Crippen LogP contribution in [0, 0.1) is 6.92 Å². The summed E-state index contributed by atoms with van der Waals surface area (Å²) in [6.07, 6.45) is 4.31. The molecule has 3 heterocycles. The minimum Gasteiger partial charge on any atom is -0.490 e. The first-order valence-corrected chi connectivity index (χ1v) is 8.15. The Kier molecular flexibility index (Phi) is 3.79. The Bertz CT molecular complexity index is 784. The third kappa shape index (κ3) is 3.10. The van der Waals surface area contributed by atoms with Gasteiger partial charge in [0.1, 0.15) is 11.9 Å². The molecule has 5 nitrogen and oxygen atoms in total. The maximum absolute atomic E-state index is 6.25. The van der Waals surface area contributed by atoms with E-state index in [-0.39, 0.29) is 6.10 Å². The average Bonchev–Trinajstić information content (AvgIpc) is 3.19. The molecular weight excluding hydrogens is 290 g/mol. The number of aromatic amines is 1. The van der Waals surface area contributed by atoms with Crippen molar-refractivity contribution in [3.8, 4) is 5.75 Å². The molecule has 0 spiro atoms. The summed E-state index contributed by atoms with van der Waals surface area (Å²) in [6.45, 7) is 4.83. The second-order valence-electron chi connectivity index (χ2n) is 6.22. The van der Waals surface area contributed by atoms with Gasteiger partial charge in [-0.2, -0.15) is 0 Å². The third-order valence-corrected chi connectivity index (χ3v) is 4.44. The topological polar surface area (TPSA) is 54.3 Å². The van der Waals surface area contributed by atoms with E-state index in [1.807, 2.05) is 25.3 Å². The fourth-order valence-corrected chi connectivity index (χ4v) is 3.24. The summed E-state index contributed by atoms with van der Waals surface area (Å²) in [5.74, 6) is 1.92. The van der Waals surface area contributed by atoms with Crippen molar-refractivity contribution < 1.29 is 9.26 Å². The number of hydrogen-bond donors (Lipinski definition) is 1. The molecule has 0 aliphatic carbocycles. The number of rotatable bonds is 4. The Hall–Kier alpha value is -2.27. The second kappa shape index (κ2) is 6.08. The quantitative estimate of drug-likeness (QED) is 0.801. The van der Waals surface area contributed by atoms with Crippen LogP contribution in [-0.2, 0) is 6.54 Å². The summed E-state index contributed by atoms with van der Waals surface area (Å²) in [7, 11) is 0. The number of aryl methyl sites for hydroxylation is 1. The molecule has 5 heteroatoms. The van der Waals surface area contributed by atoms with Crippen molar-refractivity contribution >= 4 is 10.9 Å². The standard InChI is InChI=1S/C18H21N3O2/c1-13-11-15(23-20-13)12-21-9-6-14(7-10-21)22-18-4-2-3-17-16(18)5-8-19-17/h2-5,8,11,14,19H,6-7,9-10,12H2,1H3. The predicted octanol–water partition coefficient (Wildman–Crippen LogP) is 3.51. The van der Waals surface area contributed by atoms with Gasteiger partial charge in [-0.1, -0.05) is 11.2 Å². The Labute approximate surface area is 135 Å². The highest BCUT2D eigenvalue weighted by atomic mass is 16.5. The van der Waals surface area contributed by atoms with E-state index in [0.29, 0.717) is 0 Å². The number of likely N-dealkylation sites (tertiary alicyclic amines) is 1. The minimum atomic E-state index is 0.281. The molecule has 3 aromatic rings. The second-order valence-corrected chi connectivity index (χ2v) is 6.22. The van der Waals surface area contributed by atoms with Crippen LogP contribution >= 0.6 is 0 Å². The van der Waals surface area contributed by atoms with Gasteiger partial charge in [-0.05, 0) is 38.0 Å². The van der Waals surface area contributed by atoms with E-state index >= 15 is 0 Å². The lowest BCUT2D eigenvalue weighted by Gasteiger charge is -2.31. The molecule has 0 unspecified atom stereocenters. The Morgan fingerprint density at radius 2 is 2.17 bits per heavy atom. The normalized spacial score (nSPS) is 16.9. The Morgan fingerprint density at radius 1 is 1.30 bits per heavy atom. The Morgan fingerprint density at radius 3 is 2.96 bits per heavy atom. The number of aromatic nitrogens is 2. The van der Waals surface area contributed by atoms with Crippen molar-refractivity contribution in [3.63, 3.8) is 0 Å². The fourth-order valence-electron chi connectivity index (χ4n) is 3.24. The first-order chi connectivity index (χ1) is 11.3. The smallest absolute Gasteiger partial charge is 0.150 e. The number of H-pyrrole nitrogens is 1. The van der Waals surface area contributed by atoms with Gasteiger partial charge in [-0.3, -0.25) is 4.90 Å². The van der Waals surface area contributed by atoms with Gasteiger partial charge in [0.15, 0.2) is 5.76 Å². The molecule has 0 bridgehead atoms. The number of hydrogen-bond acceptors (Lipinski definition) is 4. The van der Waals surface area contributed by atoms with Crippen molar-refractivity contribution in [2.75, 3.05) is 13.1 Å². The number of nitrogens with zero attached hydrogens (tertiary/aromatic N) is 2. The zero-order valence-electron chi connectivity index (χ0n) is 13.3. The van der Waals surface area contributed by atoms with Gasteiger partial charge in [-0.25, -0.2) is 0 Å². The number of benzene rings is 1. The van der Waals surface area contributed by atoms with Gasteiger partial charge in [0.05, 0.1) is 12.2 Å². The van der Waals surface area contributed by atoms with Gasteiger partial charge >= 0.3 is 0 Å². The van der Waals surface area contributed by atoms with E-state index in [9.17, 15) is 0 Å². The first-order valence-electron chi connectivity index (χ1n) is 8.15. The van der Waals surface area contributed by atoms with Crippen molar-refractivity contribution in [1.29, 1.82) is 0 Å². The van der Waals surface area contributed by atoms with E-state index in [1.165, 1.54) is 0 Å². The summed E-state index contributed by atoms with van der Waals surface area (Å²) < 4.78 is 11.5. The number of ether oxygens (including phenoxy) is 1. The van der Waals surface area contributed by atoms with Crippen LogP contribution in [0.25, 0.3) is 10.9 Å². The van der Waals surface area contributed by atoms with Crippen molar-refractivity contribution in [2.24, 2.45) is 0 Å². The molecule has 4 rings (SSSR count). The van der Waals surface area contributed by atoms with E-state index in [2.05, 4.69) is 33.2 Å². The van der Waals surface area contributed by atoms with Gasteiger partial charge in [0.25, 0.3) is 0 Å². The third-order valence-electron chi connectivity index (χ3n) is 4.44. The molecule has 1 saturated heterocycles. The van der Waals surface area contributed by atoms with E-state index in [0.717, 1.165) is 60.6 Å². The highest BCUT2D eigenvalue weighted by Gasteiger charge is 2.22. The van der Waals surface area contributed by atoms with Crippen LogP contribution in [0.15, 0.2) is 41.1 Å². The lowest BCUT2D eigenvalue weighted by Crippen LogP contribution is -2.37. The van der Waals surface area contributed by atoms with Crippen LogP contribution < -0.4 is 4.74 Å². The molecule has 2 aromatic heterocycles. The lowest BCUT2D eigenvalue weighted by molar-refractivity contribution is 0.0925. The summed E-state index contributed by atoms with van der Waals surface area (Å²) in [5, 5.41) is 5.11. The van der Waals surface area contributed by atoms with Gasteiger partial charge in [0.2, 0.25) is 0 Å². The average molecular weight is 311 g/mol. The molecule has 0 saturated carbocycles. The van der Waals surface area contributed by atoms with Crippen LogP contribution in [0.5, 0.6) is 5.75 Å². The first kappa shape index (κ1) is 14.3. The van der Waals surface area contributed by atoms with Gasteiger partial charge in [0, 0.05) is 36.3 Å². The summed E-state index contributed by atoms with van der Waals surface area (Å²) in [6, 6.07) is 10.3. The summed E-state index contributed by atoms with van der Waals surface area (Å²) in [4.78, 5) is 5.63. The van der Waals surface area contributed by atoms with Crippen LogP contribution in [0.4, 0.5) is 0 Å². The lowest BCUT2D eigenvalue weighted by atomic mass is 10.1. The molecular formula is C18H21N3O2. The Balaban J connectivity index is 1.35. The molecule has 23 heavy (non-hydrogen) atoms. The minimum absolute atomic E-state index is 0.281. The summed E-state index contributed by atoms with van der Waals surface area (Å²) in [5.41, 5.74) is 2.07. The number of fused-ring (bicyclic) bond motifs is 1. The van der Waals surface area contributed by atoms with Crippen molar-refractivity contribution in [1.82, 2.24) is 15.0 Å². The van der Waals surface area contributed by atoms with E-state index in [1.54, 1.807) is 0 Å². The molecule has 120 valence electrons. The summed E-state index contributed by atoms with van der Waals surface area (Å²) >= 11 is 0. The van der Waals surface area contributed by atoms with Crippen molar-refractivity contribution in [3.05, 3.63) is 48.0 Å². The maximum Gasteiger partial charge on any atom is 0.150 e. The number of nitrogens with one attached hydrogen (secondary N) is 1. The van der Waals surface area contributed by atoms with Crippen LogP contribution in [0.2, 0.25) is 0 Å². The largest absolute Gasteiger partial charge is 0.490 e. The highest BCUT2D eigenvalue weighted by molar-refractivity contribution is 5.85. The van der Waals surface area contributed by atoms with E-state index in [4.69, 9.17) is 9.26 Å². The molecule has 1 aliphatic rings. The zero-order valence-corrected chi connectivity index (χ0v) is 13.3. The predicted molar refractivity (Wildman–Crippen MR) is 88.5 cm³/mol. The van der Waals surface area contributed by atoms with Crippen molar-refractivity contribution in [2.45, 2.75) is 32.4 Å². The van der Waals surface area contributed by atoms with E-state index < -0.39 is 0 Å². The maximum atomic E-state index is 6.25. The molecule has 1 N–H and O–H groups in total. The molecule has 1 aliphatic heterocycles. The molecule has 0 radical (unpaired) electrons. The fraction of sp³-hybridized carbons (Fsp3) is 0.389. The molecule has 0 atom stereocenters. The molecule has 1 fully saturated rings. The highest BCUT2D eigenvalue weighted by Crippen LogP contribution is 2.27. The molecule has 1 aromatic carbocycles. The zero-order chi connectivity index (χ0) is 15.6. The van der Waals surface area contributed by atoms with Crippen LogP contribution in [0.3, 0.4) is 0 Å².